The lowest BCUT2D eigenvalue weighted by Crippen LogP contribution is -2.34. The third-order valence-electron chi connectivity index (χ3n) is 6.91. The summed E-state index contributed by atoms with van der Waals surface area (Å²) in [5.74, 6) is -0.141. The zero-order chi connectivity index (χ0) is 31.2. The molecule has 0 saturated heterocycles. The molecule has 8 nitrogen and oxygen atoms in total. The van der Waals surface area contributed by atoms with Gasteiger partial charge in [0.1, 0.15) is 5.84 Å². The van der Waals surface area contributed by atoms with Gasteiger partial charge in [-0.15, -0.1) is 0 Å². The minimum Gasteiger partial charge on any atom is -0.387 e. The summed E-state index contributed by atoms with van der Waals surface area (Å²) in [5.41, 5.74) is 10.9. The van der Waals surface area contributed by atoms with Crippen molar-refractivity contribution >= 4 is 29.2 Å². The summed E-state index contributed by atoms with van der Waals surface area (Å²) in [7, 11) is 0. The second-order valence-corrected chi connectivity index (χ2v) is 10.5. The molecule has 4 N–H and O–H groups in total. The molecule has 0 fully saturated rings. The van der Waals surface area contributed by atoms with Gasteiger partial charge in [-0.05, 0) is 67.2 Å². The summed E-state index contributed by atoms with van der Waals surface area (Å²) < 4.78 is 0. The first-order valence-corrected chi connectivity index (χ1v) is 14.8. The number of benzene rings is 2. The number of rotatable bonds is 14. The van der Waals surface area contributed by atoms with Crippen molar-refractivity contribution in [3.8, 4) is 0 Å². The molecule has 0 spiro atoms. The summed E-state index contributed by atoms with van der Waals surface area (Å²) in [4.78, 5) is 45.1. The number of hydrogen-bond acceptors (Lipinski definition) is 5. The van der Waals surface area contributed by atoms with Gasteiger partial charge in [0.2, 0.25) is 11.8 Å². The number of nitrogens with one attached hydrogen (secondary N) is 2. The van der Waals surface area contributed by atoms with Crippen molar-refractivity contribution in [3.63, 3.8) is 0 Å². The Bertz CT molecular complexity index is 1430. The Kier molecular flexibility index (Phi) is 12.7. The van der Waals surface area contributed by atoms with Crippen molar-refractivity contribution in [2.45, 2.75) is 59.4 Å². The van der Waals surface area contributed by atoms with Gasteiger partial charge in [-0.3, -0.25) is 14.4 Å². The fourth-order valence-electron chi connectivity index (χ4n) is 4.72. The Balaban J connectivity index is 1.69. The van der Waals surface area contributed by atoms with Crippen molar-refractivity contribution in [2.75, 3.05) is 18.4 Å². The highest BCUT2D eigenvalue weighted by Gasteiger charge is 2.21. The van der Waals surface area contributed by atoms with Gasteiger partial charge < -0.3 is 21.3 Å². The number of allylic oxidation sites excluding steroid dienone is 3. The van der Waals surface area contributed by atoms with Crippen LogP contribution in [-0.4, -0.2) is 41.5 Å². The molecule has 0 bridgehead atoms. The third-order valence-corrected chi connectivity index (χ3v) is 6.91. The Morgan fingerprint density at radius 1 is 1.02 bits per heavy atom. The van der Waals surface area contributed by atoms with E-state index < -0.39 is 0 Å². The van der Waals surface area contributed by atoms with Crippen LogP contribution in [0.5, 0.6) is 0 Å². The number of carbonyl (C=O) groups excluding carboxylic acids is 3. The topological polar surface area (TPSA) is 117 Å². The predicted octanol–water partition coefficient (Wildman–Crippen LogP) is 5.60. The molecule has 3 amide bonds. The summed E-state index contributed by atoms with van der Waals surface area (Å²) >= 11 is 0. The highest BCUT2D eigenvalue weighted by molar-refractivity contribution is 6.06. The van der Waals surface area contributed by atoms with Crippen LogP contribution in [-0.2, 0) is 27.3 Å². The van der Waals surface area contributed by atoms with Gasteiger partial charge in [0.15, 0.2) is 0 Å². The number of carbonyl (C=O) groups is 3. The van der Waals surface area contributed by atoms with Gasteiger partial charge in [0.25, 0.3) is 5.91 Å². The Labute approximate surface area is 255 Å². The first-order valence-electron chi connectivity index (χ1n) is 14.8. The lowest BCUT2D eigenvalue weighted by atomic mass is 10.1. The van der Waals surface area contributed by atoms with Gasteiger partial charge in [-0.1, -0.05) is 69.0 Å². The number of hydrogen-bond donors (Lipinski definition) is 3. The first kappa shape index (κ1) is 32.8. The standard InChI is InChI=1S/C35H43N5O3/c1-5-18-40(19-6-2)35(43)29-20-25(4)31(39-32(36)23-29)22-28(7-3)34(42)38-30-15-11-14-27(21-30)24-37-33(41)17-16-26-12-9-8-10-13-26/h7-15,20-22H,3,5-6,16-19,23-24H2,1-2,4H3,(H2,36,39)(H,37,41)(H,38,42)/b28-22+. The summed E-state index contributed by atoms with van der Waals surface area (Å²) in [6.07, 6.45) is 7.95. The number of nitrogens with zero attached hydrogens (tertiary/aromatic N) is 2. The Hall–Kier alpha value is -4.72. The molecular weight excluding hydrogens is 538 g/mol. The number of nitrogens with two attached hydrogens (primary N) is 1. The molecule has 0 saturated carbocycles. The third kappa shape index (κ3) is 10.3. The number of aryl methyl sites for hydroxylation is 1. The second-order valence-electron chi connectivity index (χ2n) is 10.5. The Morgan fingerprint density at radius 2 is 1.72 bits per heavy atom. The van der Waals surface area contributed by atoms with Crippen molar-refractivity contribution in [1.82, 2.24) is 10.2 Å². The first-order chi connectivity index (χ1) is 20.7. The molecule has 2 aromatic carbocycles. The summed E-state index contributed by atoms with van der Waals surface area (Å²) in [6.45, 7) is 11.5. The van der Waals surface area contributed by atoms with E-state index in [1.807, 2.05) is 80.3 Å². The van der Waals surface area contributed by atoms with Crippen LogP contribution < -0.4 is 16.4 Å². The zero-order valence-electron chi connectivity index (χ0n) is 25.5. The number of amides is 3. The molecule has 1 aliphatic heterocycles. The molecule has 8 heteroatoms. The van der Waals surface area contributed by atoms with E-state index in [0.29, 0.717) is 60.8 Å². The maximum atomic E-state index is 13.2. The van der Waals surface area contributed by atoms with E-state index in [2.05, 4.69) is 22.2 Å². The molecule has 0 radical (unpaired) electrons. The van der Waals surface area contributed by atoms with Gasteiger partial charge in [-0.2, -0.15) is 0 Å². The maximum Gasteiger partial charge on any atom is 0.255 e. The van der Waals surface area contributed by atoms with Crippen molar-refractivity contribution in [1.29, 1.82) is 0 Å². The van der Waals surface area contributed by atoms with E-state index in [-0.39, 0.29) is 24.1 Å². The quantitative estimate of drug-likeness (QED) is 0.199. The van der Waals surface area contributed by atoms with Crippen LogP contribution in [0, 0.1) is 0 Å². The van der Waals surface area contributed by atoms with E-state index in [1.54, 1.807) is 12.1 Å². The molecule has 2 aromatic rings. The fourth-order valence-corrected chi connectivity index (χ4v) is 4.72. The van der Waals surface area contributed by atoms with Gasteiger partial charge in [-0.25, -0.2) is 4.99 Å². The molecule has 3 rings (SSSR count). The average Bonchev–Trinajstić information content (AvgIpc) is 3.14. The highest BCUT2D eigenvalue weighted by Crippen LogP contribution is 2.22. The molecule has 0 aromatic heterocycles. The largest absolute Gasteiger partial charge is 0.387 e. The summed E-state index contributed by atoms with van der Waals surface area (Å²) in [5, 5.41) is 5.84. The normalized spacial score (nSPS) is 13.4. The number of amidine groups is 1. The second kappa shape index (κ2) is 16.7. The van der Waals surface area contributed by atoms with Gasteiger partial charge in [0, 0.05) is 49.3 Å². The SMILES string of the molecule is C=C/C(=C\C1=C(C)C=C(C(=O)N(CCC)CCC)CC(N)=N1)C(=O)Nc1cccc(CNC(=O)CCc2ccccc2)c1. The molecule has 0 atom stereocenters. The van der Waals surface area contributed by atoms with Crippen LogP contribution >= 0.6 is 0 Å². The lowest BCUT2D eigenvalue weighted by molar-refractivity contribution is -0.127. The Morgan fingerprint density at radius 3 is 2.40 bits per heavy atom. The molecule has 1 heterocycles. The molecule has 0 aliphatic carbocycles. The van der Waals surface area contributed by atoms with E-state index in [4.69, 9.17) is 5.73 Å². The minimum absolute atomic E-state index is 0.0376. The minimum atomic E-state index is -0.366. The van der Waals surface area contributed by atoms with Gasteiger partial charge in [0.05, 0.1) is 5.70 Å². The zero-order valence-corrected chi connectivity index (χ0v) is 25.5. The van der Waals surface area contributed by atoms with E-state index in [1.165, 1.54) is 6.08 Å². The van der Waals surface area contributed by atoms with Crippen molar-refractivity contribution in [3.05, 3.63) is 113 Å². The fraction of sp³-hybridized carbons (Fsp3) is 0.314. The van der Waals surface area contributed by atoms with Crippen molar-refractivity contribution in [2.24, 2.45) is 10.7 Å². The molecular formula is C35H43N5O3. The number of aliphatic imine (C=N–C) groups is 1. The molecule has 1 aliphatic rings. The van der Waals surface area contributed by atoms with Crippen LogP contribution in [0.4, 0.5) is 5.69 Å². The van der Waals surface area contributed by atoms with Crippen LogP contribution in [0.2, 0.25) is 0 Å². The molecule has 0 unspecified atom stereocenters. The molecule has 226 valence electrons. The monoisotopic (exact) mass is 581 g/mol. The van der Waals surface area contributed by atoms with Gasteiger partial charge >= 0.3 is 0 Å². The maximum absolute atomic E-state index is 13.2. The van der Waals surface area contributed by atoms with Crippen molar-refractivity contribution < 1.29 is 14.4 Å². The van der Waals surface area contributed by atoms with Crippen LogP contribution in [0.1, 0.15) is 57.6 Å². The van der Waals surface area contributed by atoms with E-state index in [9.17, 15) is 14.4 Å². The number of anilines is 1. The predicted molar refractivity (Wildman–Crippen MR) is 174 cm³/mol. The van der Waals surface area contributed by atoms with Crippen LogP contribution in [0.3, 0.4) is 0 Å². The highest BCUT2D eigenvalue weighted by atomic mass is 16.2. The van der Waals surface area contributed by atoms with E-state index in [0.717, 1.165) is 29.5 Å². The average molecular weight is 582 g/mol. The van der Waals surface area contributed by atoms with E-state index >= 15 is 0 Å². The van der Waals surface area contributed by atoms with Crippen LogP contribution in [0.25, 0.3) is 0 Å². The summed E-state index contributed by atoms with van der Waals surface area (Å²) in [6, 6.07) is 17.2. The lowest BCUT2D eigenvalue weighted by Gasteiger charge is -2.22. The van der Waals surface area contributed by atoms with Crippen LogP contribution in [0.15, 0.2) is 107 Å². The smallest absolute Gasteiger partial charge is 0.255 e. The molecule has 43 heavy (non-hydrogen) atoms.